The van der Waals surface area contributed by atoms with Crippen LogP contribution in [0.5, 0.6) is 11.5 Å². The Balaban J connectivity index is 1.39. The molecule has 1 fully saturated rings. The van der Waals surface area contributed by atoms with E-state index in [2.05, 4.69) is 17.1 Å². The zero-order chi connectivity index (χ0) is 30.8. The zero-order valence-electron chi connectivity index (χ0n) is 24.2. The highest BCUT2D eigenvalue weighted by molar-refractivity contribution is 8.00. The molecule has 2 aliphatic rings. The van der Waals surface area contributed by atoms with Crippen molar-refractivity contribution in [3.8, 4) is 11.5 Å². The van der Waals surface area contributed by atoms with E-state index in [-0.39, 0.29) is 22.6 Å². The third-order valence-corrected chi connectivity index (χ3v) is 9.94. The van der Waals surface area contributed by atoms with E-state index in [1.54, 1.807) is 18.2 Å². The lowest BCUT2D eigenvalue weighted by molar-refractivity contribution is -0.132. The number of hydrogen-bond acceptors (Lipinski definition) is 9. The number of fused-ring (bicyclic) bond motifs is 1. The summed E-state index contributed by atoms with van der Waals surface area (Å²) in [5.74, 6) is 0.0839. The number of nitrogens with zero attached hydrogens (tertiary/aromatic N) is 3. The first-order chi connectivity index (χ1) is 21.3. The lowest BCUT2D eigenvalue weighted by Gasteiger charge is -2.23. The third-order valence-electron chi connectivity index (χ3n) is 7.47. The lowest BCUT2D eigenvalue weighted by Crippen LogP contribution is -2.29. The van der Waals surface area contributed by atoms with Gasteiger partial charge in [-0.25, -0.2) is 0 Å². The molecule has 8 nitrogen and oxygen atoms in total. The Morgan fingerprint density at radius 3 is 2.80 bits per heavy atom. The highest BCUT2D eigenvalue weighted by Gasteiger charge is 2.48. The largest absolute Gasteiger partial charge is 0.507 e. The summed E-state index contributed by atoms with van der Waals surface area (Å²) in [5, 5.41) is 21.2. The van der Waals surface area contributed by atoms with E-state index >= 15 is 0 Å². The van der Waals surface area contributed by atoms with Gasteiger partial charge in [-0.15, -0.1) is 10.2 Å². The van der Waals surface area contributed by atoms with E-state index in [1.807, 2.05) is 55.5 Å². The highest BCUT2D eigenvalue weighted by Crippen LogP contribution is 2.45. The topological polar surface area (TPSA) is 102 Å². The van der Waals surface area contributed by atoms with Crippen LogP contribution in [-0.2, 0) is 21.8 Å². The van der Waals surface area contributed by atoms with Gasteiger partial charge >= 0.3 is 5.91 Å². The quantitative estimate of drug-likeness (QED) is 0.0469. The summed E-state index contributed by atoms with van der Waals surface area (Å²) >= 11 is 8.97. The number of ketones is 1. The predicted octanol–water partition coefficient (Wildman–Crippen LogP) is 7.61. The SMILES string of the molecule is CCCCOc1cccc([C@@H]2C(=C(O)c3ccc4c(c3)C[C@@H](C)O4)C(=O)C(=O)N2c2nnc(SCc3ccccc3Cl)s2)c1. The Kier molecular flexibility index (Phi) is 8.93. The van der Waals surface area contributed by atoms with E-state index in [9.17, 15) is 14.7 Å². The van der Waals surface area contributed by atoms with Crippen molar-refractivity contribution in [2.45, 2.75) is 55.3 Å². The van der Waals surface area contributed by atoms with Crippen LogP contribution >= 0.6 is 34.7 Å². The second-order valence-electron chi connectivity index (χ2n) is 10.6. The molecule has 0 radical (unpaired) electrons. The number of Topliss-reactive ketones (excluding diaryl/α,β-unsaturated/α-hetero) is 1. The van der Waals surface area contributed by atoms with Crippen LogP contribution in [0.4, 0.5) is 5.13 Å². The molecule has 226 valence electrons. The number of benzene rings is 3. The van der Waals surface area contributed by atoms with Gasteiger partial charge in [0.05, 0.1) is 18.2 Å². The molecule has 4 aromatic rings. The number of carbonyl (C=O) groups is 2. The van der Waals surface area contributed by atoms with Crippen LogP contribution in [0.25, 0.3) is 5.76 Å². The molecule has 1 N–H and O–H groups in total. The summed E-state index contributed by atoms with van der Waals surface area (Å²) in [6.45, 7) is 4.60. The van der Waals surface area contributed by atoms with Gasteiger partial charge in [0.2, 0.25) is 5.13 Å². The number of halogens is 1. The van der Waals surface area contributed by atoms with E-state index in [0.717, 1.165) is 29.7 Å². The van der Waals surface area contributed by atoms with Crippen LogP contribution in [0.15, 0.2) is 76.6 Å². The Hall–Kier alpha value is -3.86. The maximum atomic E-state index is 13.7. The number of ether oxygens (including phenoxy) is 2. The summed E-state index contributed by atoms with van der Waals surface area (Å²) in [4.78, 5) is 28.7. The first-order valence-corrected chi connectivity index (χ1v) is 16.6. The van der Waals surface area contributed by atoms with E-state index in [1.165, 1.54) is 28.0 Å². The first-order valence-electron chi connectivity index (χ1n) is 14.4. The number of anilines is 1. The molecule has 0 unspecified atom stereocenters. The molecule has 0 saturated carbocycles. The Labute approximate surface area is 268 Å². The van der Waals surface area contributed by atoms with Crippen molar-refractivity contribution >= 4 is 57.3 Å². The molecule has 2 aliphatic heterocycles. The molecule has 1 saturated heterocycles. The van der Waals surface area contributed by atoms with Crippen molar-refractivity contribution in [3.05, 3.63) is 99.6 Å². The molecule has 44 heavy (non-hydrogen) atoms. The maximum absolute atomic E-state index is 13.7. The molecule has 6 rings (SSSR count). The Bertz CT molecular complexity index is 1760. The summed E-state index contributed by atoms with van der Waals surface area (Å²) in [6, 6.07) is 19.2. The summed E-state index contributed by atoms with van der Waals surface area (Å²) in [5.41, 5.74) is 2.91. The average molecular weight is 648 g/mol. The van der Waals surface area contributed by atoms with Crippen molar-refractivity contribution < 1.29 is 24.2 Å². The number of amides is 1. The fourth-order valence-electron chi connectivity index (χ4n) is 5.29. The first kappa shape index (κ1) is 30.2. The van der Waals surface area contributed by atoms with Gasteiger partial charge in [0.15, 0.2) is 4.34 Å². The minimum absolute atomic E-state index is 0.0193. The number of carbonyl (C=O) groups excluding carboxylic acids is 2. The number of aliphatic hydroxyl groups is 1. The third kappa shape index (κ3) is 6.06. The van der Waals surface area contributed by atoms with Crippen molar-refractivity contribution in [1.29, 1.82) is 0 Å². The number of rotatable bonds is 10. The Morgan fingerprint density at radius 2 is 1.98 bits per heavy atom. The molecule has 1 aromatic heterocycles. The molecule has 3 heterocycles. The number of aliphatic hydroxyl groups excluding tert-OH is 1. The normalized spacial score (nSPS) is 18.8. The van der Waals surface area contributed by atoms with Crippen molar-refractivity contribution in [2.24, 2.45) is 0 Å². The lowest BCUT2D eigenvalue weighted by atomic mass is 9.94. The minimum Gasteiger partial charge on any atom is -0.507 e. The minimum atomic E-state index is -0.942. The molecule has 0 aliphatic carbocycles. The number of hydrogen-bond donors (Lipinski definition) is 1. The Morgan fingerprint density at radius 1 is 1.14 bits per heavy atom. The van der Waals surface area contributed by atoms with Crippen LogP contribution in [-0.4, -0.2) is 39.7 Å². The van der Waals surface area contributed by atoms with Crippen LogP contribution < -0.4 is 14.4 Å². The average Bonchev–Trinajstić information content (AvgIpc) is 3.71. The van der Waals surface area contributed by atoms with E-state index in [4.69, 9.17) is 21.1 Å². The smallest absolute Gasteiger partial charge is 0.301 e. The van der Waals surface area contributed by atoms with E-state index < -0.39 is 17.7 Å². The van der Waals surface area contributed by atoms with Crippen LogP contribution in [0.1, 0.15) is 55.0 Å². The molecule has 0 spiro atoms. The zero-order valence-corrected chi connectivity index (χ0v) is 26.5. The molecule has 2 atom stereocenters. The van der Waals surface area contributed by atoms with Crippen molar-refractivity contribution in [2.75, 3.05) is 11.5 Å². The van der Waals surface area contributed by atoms with Gasteiger partial charge in [0, 0.05) is 22.8 Å². The van der Waals surface area contributed by atoms with Gasteiger partial charge in [0.25, 0.3) is 5.78 Å². The number of aromatic nitrogens is 2. The van der Waals surface area contributed by atoms with Gasteiger partial charge in [-0.05, 0) is 66.4 Å². The van der Waals surface area contributed by atoms with Gasteiger partial charge in [0.1, 0.15) is 23.4 Å². The highest BCUT2D eigenvalue weighted by atomic mass is 35.5. The maximum Gasteiger partial charge on any atom is 0.301 e. The molecular formula is C33H30ClN3O5S2. The molecule has 11 heteroatoms. The van der Waals surface area contributed by atoms with Crippen LogP contribution in [0, 0.1) is 0 Å². The van der Waals surface area contributed by atoms with Crippen molar-refractivity contribution in [3.63, 3.8) is 0 Å². The molecule has 3 aromatic carbocycles. The number of unbranched alkanes of at least 4 members (excludes halogenated alkanes) is 1. The van der Waals surface area contributed by atoms with Crippen LogP contribution in [0.3, 0.4) is 0 Å². The van der Waals surface area contributed by atoms with Gasteiger partial charge in [-0.1, -0.05) is 78.4 Å². The fraction of sp³-hybridized carbons (Fsp3) is 0.273. The molecule has 0 bridgehead atoms. The van der Waals surface area contributed by atoms with Gasteiger partial charge in [-0.2, -0.15) is 0 Å². The molecular weight excluding hydrogens is 618 g/mol. The summed E-state index contributed by atoms with van der Waals surface area (Å²) < 4.78 is 12.4. The fourth-order valence-corrected chi connectivity index (χ4v) is 7.45. The van der Waals surface area contributed by atoms with Gasteiger partial charge < -0.3 is 14.6 Å². The predicted molar refractivity (Wildman–Crippen MR) is 173 cm³/mol. The summed E-state index contributed by atoms with van der Waals surface area (Å²) in [6.07, 6.45) is 2.58. The second kappa shape index (κ2) is 13.0. The second-order valence-corrected chi connectivity index (χ2v) is 13.2. The standard InChI is InChI=1S/C33H30ClN3O5S2/c1-3-4-14-41-24-10-7-9-20(17-24)28-27(29(38)21-12-13-26-23(16-21)15-19(2)42-26)30(39)31(40)37(28)32-35-36-33(44-32)43-18-22-8-5-6-11-25(22)34/h5-13,16-17,19,28,38H,3-4,14-15,18H2,1-2H3/t19-,28-/m1/s1. The monoisotopic (exact) mass is 647 g/mol. The molecule has 1 amide bonds. The van der Waals surface area contributed by atoms with E-state index in [0.29, 0.717) is 45.0 Å². The number of thioether (sulfide) groups is 1. The summed E-state index contributed by atoms with van der Waals surface area (Å²) in [7, 11) is 0. The van der Waals surface area contributed by atoms with Crippen LogP contribution in [0.2, 0.25) is 5.02 Å². The van der Waals surface area contributed by atoms with Gasteiger partial charge in [-0.3, -0.25) is 14.5 Å². The van der Waals surface area contributed by atoms with Crippen molar-refractivity contribution in [1.82, 2.24) is 10.2 Å².